The molecule has 3 rings (SSSR count). The maximum absolute atomic E-state index is 3.55. The molecule has 1 unspecified atom stereocenters. The van der Waals surface area contributed by atoms with Crippen molar-refractivity contribution in [2.45, 2.75) is 12.5 Å². The van der Waals surface area contributed by atoms with Crippen molar-refractivity contribution in [1.82, 2.24) is 9.80 Å². The Labute approximate surface area is 154 Å². The number of hydrogen-bond acceptors (Lipinski definition) is 2. The zero-order valence-electron chi connectivity index (χ0n) is 13.5. The predicted octanol–water partition coefficient (Wildman–Crippen LogP) is 4.60. The molecule has 2 aromatic rings. The number of rotatable bonds is 3. The highest BCUT2D eigenvalue weighted by molar-refractivity contribution is 9.10. The molecular weight excluding hydrogens is 372 g/mol. The molecule has 0 N–H and O–H groups in total. The zero-order chi connectivity index (χ0) is 15.4. The predicted molar refractivity (Wildman–Crippen MR) is 103 cm³/mol. The fourth-order valence-electron chi connectivity index (χ4n) is 3.22. The summed E-state index contributed by atoms with van der Waals surface area (Å²) < 4.78 is 1.14. The van der Waals surface area contributed by atoms with Crippen LogP contribution in [0.4, 0.5) is 0 Å². The highest BCUT2D eigenvalue weighted by Gasteiger charge is 2.23. The zero-order valence-corrected chi connectivity index (χ0v) is 15.9. The smallest absolute Gasteiger partial charge is 0.0602 e. The Kier molecular flexibility index (Phi) is 7.09. The highest BCUT2D eigenvalue weighted by atomic mass is 79.9. The van der Waals surface area contributed by atoms with E-state index in [1.807, 2.05) is 0 Å². The molecule has 1 aliphatic heterocycles. The maximum Gasteiger partial charge on any atom is 0.0602 e. The summed E-state index contributed by atoms with van der Waals surface area (Å²) in [5.74, 6) is 0. The Balaban J connectivity index is 0.00000192. The summed E-state index contributed by atoms with van der Waals surface area (Å²) in [5.41, 5.74) is 2.76. The van der Waals surface area contributed by atoms with Crippen molar-refractivity contribution >= 4 is 28.3 Å². The number of likely N-dealkylation sites (N-methyl/N-ethyl adjacent to an activating group) is 1. The van der Waals surface area contributed by atoms with Crippen molar-refractivity contribution in [2.75, 3.05) is 33.2 Å². The second kappa shape index (κ2) is 8.84. The van der Waals surface area contributed by atoms with E-state index in [1.165, 1.54) is 24.1 Å². The van der Waals surface area contributed by atoms with Gasteiger partial charge in [-0.1, -0.05) is 58.4 Å². The summed E-state index contributed by atoms with van der Waals surface area (Å²) in [4.78, 5) is 5.06. The van der Waals surface area contributed by atoms with Crippen molar-refractivity contribution in [3.63, 3.8) is 0 Å². The van der Waals surface area contributed by atoms with Crippen LogP contribution >= 0.6 is 28.3 Å². The van der Waals surface area contributed by atoms with Crippen LogP contribution in [0.1, 0.15) is 23.6 Å². The van der Waals surface area contributed by atoms with Crippen molar-refractivity contribution < 1.29 is 0 Å². The van der Waals surface area contributed by atoms with Crippen LogP contribution < -0.4 is 0 Å². The Hall–Kier alpha value is -0.870. The van der Waals surface area contributed by atoms with Crippen molar-refractivity contribution in [3.05, 3.63) is 70.2 Å². The molecule has 1 atom stereocenters. The lowest BCUT2D eigenvalue weighted by molar-refractivity contribution is 0.231. The topological polar surface area (TPSA) is 6.48 Å². The van der Waals surface area contributed by atoms with Crippen molar-refractivity contribution in [1.29, 1.82) is 0 Å². The van der Waals surface area contributed by atoms with E-state index in [0.29, 0.717) is 6.04 Å². The summed E-state index contributed by atoms with van der Waals surface area (Å²) in [6.07, 6.45) is 1.23. The molecule has 23 heavy (non-hydrogen) atoms. The Morgan fingerprint density at radius 1 is 0.826 bits per heavy atom. The lowest BCUT2D eigenvalue weighted by atomic mass is 9.97. The summed E-state index contributed by atoms with van der Waals surface area (Å²) in [6, 6.07) is 20.0. The molecule has 1 fully saturated rings. The molecule has 0 aliphatic carbocycles. The molecule has 1 heterocycles. The lowest BCUT2D eigenvalue weighted by Gasteiger charge is -2.31. The van der Waals surface area contributed by atoms with E-state index in [1.54, 1.807) is 0 Å². The third-order valence-electron chi connectivity index (χ3n) is 4.42. The fraction of sp³-hybridized carbons (Fsp3) is 0.368. The molecule has 0 radical (unpaired) electrons. The van der Waals surface area contributed by atoms with E-state index in [2.05, 4.69) is 87.4 Å². The Morgan fingerprint density at radius 2 is 1.48 bits per heavy atom. The molecular formula is C19H24BrClN2. The van der Waals surface area contributed by atoms with Gasteiger partial charge in [0.15, 0.2) is 0 Å². The van der Waals surface area contributed by atoms with Crippen LogP contribution in [0.5, 0.6) is 0 Å². The van der Waals surface area contributed by atoms with Gasteiger partial charge in [-0.15, -0.1) is 12.4 Å². The van der Waals surface area contributed by atoms with Gasteiger partial charge in [0, 0.05) is 24.1 Å². The van der Waals surface area contributed by atoms with Crippen molar-refractivity contribution in [2.24, 2.45) is 0 Å². The molecule has 0 bridgehead atoms. The molecule has 1 aliphatic rings. The third-order valence-corrected chi connectivity index (χ3v) is 4.95. The molecule has 2 nitrogen and oxygen atoms in total. The maximum atomic E-state index is 3.55. The standard InChI is InChI=1S/C19H23BrN2.ClH/c1-21-12-5-13-22(15-14-21)19(16-6-3-2-4-7-16)17-8-10-18(20)11-9-17;/h2-4,6-11,19H,5,12-15H2,1H3;1H. The van der Waals surface area contributed by atoms with Crippen LogP contribution in [-0.2, 0) is 0 Å². The van der Waals surface area contributed by atoms with Gasteiger partial charge in [-0.05, 0) is 43.3 Å². The van der Waals surface area contributed by atoms with E-state index in [-0.39, 0.29) is 12.4 Å². The van der Waals surface area contributed by atoms with E-state index >= 15 is 0 Å². The number of halogens is 2. The van der Waals surface area contributed by atoms with Gasteiger partial charge in [-0.2, -0.15) is 0 Å². The molecule has 4 heteroatoms. The first-order valence-electron chi connectivity index (χ1n) is 7.97. The van der Waals surface area contributed by atoms with Gasteiger partial charge in [0.25, 0.3) is 0 Å². The molecule has 0 spiro atoms. The quantitative estimate of drug-likeness (QED) is 0.749. The van der Waals surface area contributed by atoms with Gasteiger partial charge in [-0.25, -0.2) is 0 Å². The summed E-state index contributed by atoms with van der Waals surface area (Å²) in [5, 5.41) is 0. The van der Waals surface area contributed by atoms with Crippen LogP contribution in [0.2, 0.25) is 0 Å². The molecule has 124 valence electrons. The first-order chi connectivity index (χ1) is 10.7. The minimum absolute atomic E-state index is 0. The highest BCUT2D eigenvalue weighted by Crippen LogP contribution is 2.30. The average molecular weight is 396 g/mol. The monoisotopic (exact) mass is 394 g/mol. The molecule has 0 aromatic heterocycles. The van der Waals surface area contributed by atoms with E-state index < -0.39 is 0 Å². The summed E-state index contributed by atoms with van der Waals surface area (Å²) in [7, 11) is 2.22. The number of hydrogen-bond donors (Lipinski definition) is 0. The van der Waals surface area contributed by atoms with Gasteiger partial charge < -0.3 is 4.90 Å². The van der Waals surface area contributed by atoms with Crippen LogP contribution in [0, 0.1) is 0 Å². The SMILES string of the molecule is CN1CCCN(C(c2ccccc2)c2ccc(Br)cc2)CC1.Cl. The van der Waals surface area contributed by atoms with Crippen molar-refractivity contribution in [3.8, 4) is 0 Å². The van der Waals surface area contributed by atoms with Gasteiger partial charge >= 0.3 is 0 Å². The average Bonchev–Trinajstić information content (AvgIpc) is 2.76. The summed E-state index contributed by atoms with van der Waals surface area (Å²) >= 11 is 3.55. The first-order valence-corrected chi connectivity index (χ1v) is 8.76. The Morgan fingerprint density at radius 3 is 2.17 bits per heavy atom. The molecule has 2 aromatic carbocycles. The van der Waals surface area contributed by atoms with E-state index in [9.17, 15) is 0 Å². The van der Waals surface area contributed by atoms with Crippen LogP contribution in [0.15, 0.2) is 59.1 Å². The number of benzene rings is 2. The minimum Gasteiger partial charge on any atom is -0.305 e. The van der Waals surface area contributed by atoms with Gasteiger partial charge in [-0.3, -0.25) is 4.90 Å². The minimum atomic E-state index is 0. The normalized spacial score (nSPS) is 18.0. The molecule has 0 saturated carbocycles. The first kappa shape index (κ1) is 18.5. The Bertz CT molecular complexity index is 588. The van der Waals surface area contributed by atoms with Crippen LogP contribution in [0.25, 0.3) is 0 Å². The van der Waals surface area contributed by atoms with Crippen LogP contribution in [0.3, 0.4) is 0 Å². The second-order valence-corrected chi connectivity index (χ2v) is 6.97. The van der Waals surface area contributed by atoms with Gasteiger partial charge in [0.05, 0.1) is 6.04 Å². The molecule has 1 saturated heterocycles. The van der Waals surface area contributed by atoms with E-state index in [4.69, 9.17) is 0 Å². The summed E-state index contributed by atoms with van der Waals surface area (Å²) in [6.45, 7) is 4.60. The van der Waals surface area contributed by atoms with E-state index in [0.717, 1.165) is 24.1 Å². The molecule has 0 amide bonds. The second-order valence-electron chi connectivity index (χ2n) is 6.06. The number of nitrogens with zero attached hydrogens (tertiary/aromatic N) is 2. The van der Waals surface area contributed by atoms with Gasteiger partial charge in [0.2, 0.25) is 0 Å². The van der Waals surface area contributed by atoms with Crippen LogP contribution in [-0.4, -0.2) is 43.0 Å². The third kappa shape index (κ3) is 4.80. The fourth-order valence-corrected chi connectivity index (χ4v) is 3.48. The largest absolute Gasteiger partial charge is 0.305 e. The van der Waals surface area contributed by atoms with Gasteiger partial charge in [0.1, 0.15) is 0 Å². The lowest BCUT2D eigenvalue weighted by Crippen LogP contribution is -2.33.